The molecule has 0 aliphatic carbocycles. The van der Waals surface area contributed by atoms with E-state index in [1.165, 1.54) is 23.0 Å². The van der Waals surface area contributed by atoms with Crippen molar-refractivity contribution in [3.05, 3.63) is 52.0 Å². The van der Waals surface area contributed by atoms with E-state index < -0.39 is 0 Å². The molecular weight excluding hydrogens is 306 g/mol. The number of aromatic nitrogens is 1. The zero-order chi connectivity index (χ0) is 14.8. The van der Waals surface area contributed by atoms with Gasteiger partial charge in [0.25, 0.3) is 11.8 Å². The Hall–Kier alpha value is -1.86. The van der Waals surface area contributed by atoms with Gasteiger partial charge in [-0.2, -0.15) is 0 Å². The molecule has 1 atom stereocenters. The average molecular weight is 319 g/mol. The maximum atomic E-state index is 12.2. The summed E-state index contributed by atoms with van der Waals surface area (Å²) in [6, 6.07) is 7.37. The van der Waals surface area contributed by atoms with Gasteiger partial charge in [-0.3, -0.25) is 20.0 Å². The van der Waals surface area contributed by atoms with Gasteiger partial charge in [0.1, 0.15) is 5.37 Å². The molecule has 21 heavy (non-hydrogen) atoms. The number of carbonyl (C=O) groups excluding carboxylic acids is 2. The number of thiophene rings is 1. The van der Waals surface area contributed by atoms with E-state index in [2.05, 4.69) is 10.4 Å². The van der Waals surface area contributed by atoms with Crippen molar-refractivity contribution in [1.82, 2.24) is 15.4 Å². The second-order valence-corrected chi connectivity index (χ2v) is 6.62. The molecule has 0 radical (unpaired) electrons. The number of pyridine rings is 1. The number of hydrogen-bond acceptors (Lipinski definition) is 5. The minimum absolute atomic E-state index is 0.0909. The van der Waals surface area contributed by atoms with Crippen molar-refractivity contribution in [2.75, 3.05) is 5.75 Å². The lowest BCUT2D eigenvalue weighted by Crippen LogP contribution is -2.44. The second kappa shape index (κ2) is 5.87. The summed E-state index contributed by atoms with van der Waals surface area (Å²) in [5.41, 5.74) is 3.98. The van der Waals surface area contributed by atoms with Gasteiger partial charge in [-0.1, -0.05) is 6.07 Å². The minimum Gasteiger partial charge on any atom is -0.272 e. The van der Waals surface area contributed by atoms with Gasteiger partial charge in [0, 0.05) is 16.8 Å². The van der Waals surface area contributed by atoms with Crippen LogP contribution >= 0.6 is 23.1 Å². The highest BCUT2D eigenvalue weighted by atomic mass is 32.2. The van der Waals surface area contributed by atoms with Gasteiger partial charge >= 0.3 is 0 Å². The molecule has 7 heteroatoms. The molecule has 1 aliphatic rings. The number of carbonyl (C=O) groups is 2. The van der Waals surface area contributed by atoms with Gasteiger partial charge in [0.2, 0.25) is 0 Å². The molecule has 2 aromatic rings. The largest absolute Gasteiger partial charge is 0.272 e. The first-order valence-corrected chi connectivity index (χ1v) is 8.29. The first-order valence-electron chi connectivity index (χ1n) is 6.36. The zero-order valence-corrected chi connectivity index (χ0v) is 12.9. The van der Waals surface area contributed by atoms with Gasteiger partial charge in [-0.15, -0.1) is 23.1 Å². The number of aryl methyl sites for hydroxylation is 1. The monoisotopic (exact) mass is 319 g/mol. The van der Waals surface area contributed by atoms with E-state index in [-0.39, 0.29) is 17.2 Å². The molecule has 1 fully saturated rings. The summed E-state index contributed by atoms with van der Waals surface area (Å²) >= 11 is 3.08. The molecule has 0 aromatic carbocycles. The lowest BCUT2D eigenvalue weighted by Gasteiger charge is -2.23. The normalized spacial score (nSPS) is 18.0. The molecule has 1 saturated heterocycles. The summed E-state index contributed by atoms with van der Waals surface area (Å²) in [6.07, 6.45) is 1.51. The van der Waals surface area contributed by atoms with Crippen molar-refractivity contribution in [2.24, 2.45) is 0 Å². The maximum Gasteiger partial charge on any atom is 0.271 e. The van der Waals surface area contributed by atoms with Crippen LogP contribution in [0.3, 0.4) is 0 Å². The lowest BCUT2D eigenvalue weighted by atomic mass is 10.2. The number of nitrogens with zero attached hydrogens (tertiary/aromatic N) is 2. The van der Waals surface area contributed by atoms with Crippen molar-refractivity contribution < 1.29 is 9.59 Å². The van der Waals surface area contributed by atoms with Crippen LogP contribution in [-0.4, -0.2) is 27.6 Å². The molecule has 0 bridgehead atoms. The number of hydrazine groups is 1. The van der Waals surface area contributed by atoms with Crippen LogP contribution in [0.25, 0.3) is 0 Å². The molecule has 1 N–H and O–H groups in total. The van der Waals surface area contributed by atoms with Crippen LogP contribution in [0.2, 0.25) is 0 Å². The van der Waals surface area contributed by atoms with E-state index in [1.54, 1.807) is 23.5 Å². The lowest BCUT2D eigenvalue weighted by molar-refractivity contribution is -0.130. The molecule has 5 nitrogen and oxygen atoms in total. The van der Waals surface area contributed by atoms with Crippen LogP contribution in [0.4, 0.5) is 0 Å². The summed E-state index contributed by atoms with van der Waals surface area (Å²) < 4.78 is 0. The Morgan fingerprint density at radius 2 is 2.29 bits per heavy atom. The quantitative estimate of drug-likeness (QED) is 0.943. The van der Waals surface area contributed by atoms with E-state index in [0.29, 0.717) is 11.3 Å². The fourth-order valence-corrected chi connectivity index (χ4v) is 4.03. The highest BCUT2D eigenvalue weighted by Crippen LogP contribution is 2.39. The topological polar surface area (TPSA) is 62.3 Å². The Morgan fingerprint density at radius 3 is 2.95 bits per heavy atom. The van der Waals surface area contributed by atoms with Gasteiger partial charge in [-0.05, 0) is 30.5 Å². The fourth-order valence-electron chi connectivity index (χ4n) is 1.96. The predicted octanol–water partition coefficient (Wildman–Crippen LogP) is 2.37. The van der Waals surface area contributed by atoms with Crippen molar-refractivity contribution in [3.63, 3.8) is 0 Å². The molecule has 2 amide bonds. The average Bonchev–Trinajstić information content (AvgIpc) is 3.10. The van der Waals surface area contributed by atoms with Crippen LogP contribution in [0.1, 0.15) is 26.3 Å². The Balaban J connectivity index is 1.77. The molecular formula is C14H13N3O2S2. The molecule has 108 valence electrons. The Bertz CT molecular complexity index is 655. The molecule has 0 saturated carbocycles. The summed E-state index contributed by atoms with van der Waals surface area (Å²) in [5.74, 6) is -0.0404. The van der Waals surface area contributed by atoms with Crippen LogP contribution in [0, 0.1) is 6.92 Å². The maximum absolute atomic E-state index is 12.2. The van der Waals surface area contributed by atoms with Gasteiger partial charge in [-0.25, -0.2) is 5.01 Å². The highest BCUT2D eigenvalue weighted by Gasteiger charge is 2.35. The van der Waals surface area contributed by atoms with E-state index >= 15 is 0 Å². The van der Waals surface area contributed by atoms with Crippen LogP contribution in [0.15, 0.2) is 35.8 Å². The molecule has 2 aromatic heterocycles. The predicted molar refractivity (Wildman–Crippen MR) is 82.8 cm³/mol. The third kappa shape index (κ3) is 2.93. The summed E-state index contributed by atoms with van der Waals surface area (Å²) in [7, 11) is 0. The van der Waals surface area contributed by atoms with Crippen molar-refractivity contribution in [1.29, 1.82) is 0 Å². The van der Waals surface area contributed by atoms with E-state index in [0.717, 1.165) is 10.6 Å². The smallest absolute Gasteiger partial charge is 0.271 e. The van der Waals surface area contributed by atoms with E-state index in [9.17, 15) is 9.59 Å². The number of rotatable bonds is 3. The summed E-state index contributed by atoms with van der Waals surface area (Å²) in [6.45, 7) is 1.86. The minimum atomic E-state index is -0.320. The van der Waals surface area contributed by atoms with Gasteiger partial charge < -0.3 is 0 Å². The molecule has 1 aliphatic heterocycles. The molecule has 1 unspecified atom stereocenters. The third-order valence-electron chi connectivity index (χ3n) is 3.05. The van der Waals surface area contributed by atoms with Crippen molar-refractivity contribution in [2.45, 2.75) is 12.3 Å². The van der Waals surface area contributed by atoms with Crippen molar-refractivity contribution >= 4 is 34.9 Å². The number of hydrogen-bond donors (Lipinski definition) is 1. The van der Waals surface area contributed by atoms with Gasteiger partial charge in [0.05, 0.1) is 11.3 Å². The Kier molecular flexibility index (Phi) is 3.94. The molecule has 0 spiro atoms. The first-order chi connectivity index (χ1) is 10.1. The Labute approximate surface area is 130 Å². The summed E-state index contributed by atoms with van der Waals surface area (Å²) in [5, 5.41) is 3.22. The van der Waals surface area contributed by atoms with Crippen LogP contribution in [0.5, 0.6) is 0 Å². The van der Waals surface area contributed by atoms with E-state index in [1.807, 2.05) is 24.4 Å². The van der Waals surface area contributed by atoms with Gasteiger partial charge in [0.15, 0.2) is 0 Å². The highest BCUT2D eigenvalue weighted by molar-refractivity contribution is 8.00. The molecule has 3 rings (SSSR count). The number of thioether (sulfide) groups is 1. The SMILES string of the molecule is Cc1ccc(C(=O)NN2C(=O)CSC2c2cccs2)cn1. The standard InChI is InChI=1S/C14H13N3O2S2/c1-9-4-5-10(7-15-9)13(19)16-17-12(18)8-21-14(17)11-3-2-6-20-11/h2-7,14H,8H2,1H3,(H,16,19). The third-order valence-corrected chi connectivity index (χ3v) is 5.32. The second-order valence-electron chi connectivity index (χ2n) is 4.57. The van der Waals surface area contributed by atoms with E-state index in [4.69, 9.17) is 0 Å². The van der Waals surface area contributed by atoms with Crippen LogP contribution in [-0.2, 0) is 4.79 Å². The number of nitrogens with one attached hydrogen (secondary N) is 1. The molecule has 3 heterocycles. The Morgan fingerprint density at radius 1 is 1.43 bits per heavy atom. The number of amides is 2. The van der Waals surface area contributed by atoms with Crippen LogP contribution < -0.4 is 5.43 Å². The zero-order valence-electron chi connectivity index (χ0n) is 11.3. The van der Waals surface area contributed by atoms with Crippen molar-refractivity contribution in [3.8, 4) is 0 Å². The fraction of sp³-hybridized carbons (Fsp3) is 0.214. The summed E-state index contributed by atoms with van der Waals surface area (Å²) in [4.78, 5) is 29.3. The first kappa shape index (κ1) is 14.1.